The van der Waals surface area contributed by atoms with Crippen molar-refractivity contribution in [2.75, 3.05) is 51.3 Å². The maximum Gasteiger partial charge on any atom is 0.260 e. The second-order valence-corrected chi connectivity index (χ2v) is 9.92. The second kappa shape index (κ2) is 10.3. The Labute approximate surface area is 202 Å². The van der Waals surface area contributed by atoms with E-state index in [-0.39, 0.29) is 5.91 Å². The molecule has 6 nitrogen and oxygen atoms in total. The quantitative estimate of drug-likeness (QED) is 0.597. The van der Waals surface area contributed by atoms with Crippen LogP contribution in [0.1, 0.15) is 42.5 Å². The molecule has 1 amide bonds. The summed E-state index contributed by atoms with van der Waals surface area (Å²) in [6.07, 6.45) is 1.17. The van der Waals surface area contributed by atoms with E-state index in [0.29, 0.717) is 23.9 Å². The number of benzene rings is 2. The predicted molar refractivity (Wildman–Crippen MR) is 135 cm³/mol. The van der Waals surface area contributed by atoms with E-state index in [1.807, 2.05) is 24.3 Å². The van der Waals surface area contributed by atoms with Gasteiger partial charge >= 0.3 is 0 Å². The molecule has 0 unspecified atom stereocenters. The molecule has 0 bridgehead atoms. The number of hydrogen-bond acceptors (Lipinski definition) is 5. The van der Waals surface area contributed by atoms with Crippen LogP contribution >= 0.6 is 0 Å². The van der Waals surface area contributed by atoms with Crippen LogP contribution in [0.25, 0.3) is 11.3 Å². The third kappa shape index (κ3) is 5.04. The van der Waals surface area contributed by atoms with Gasteiger partial charge in [-0.15, -0.1) is 0 Å². The lowest BCUT2D eigenvalue weighted by atomic mass is 9.99. The molecule has 34 heavy (non-hydrogen) atoms. The number of rotatable bonds is 8. The summed E-state index contributed by atoms with van der Waals surface area (Å²) in [4.78, 5) is 17.8. The van der Waals surface area contributed by atoms with Gasteiger partial charge in [-0.1, -0.05) is 50.2 Å². The van der Waals surface area contributed by atoms with Crippen LogP contribution in [0.15, 0.2) is 42.5 Å². The van der Waals surface area contributed by atoms with Gasteiger partial charge in [0.2, 0.25) is 0 Å². The molecule has 0 aliphatic carbocycles. The molecule has 2 aromatic rings. The molecule has 3 heterocycles. The number of nitrogens with one attached hydrogen (secondary N) is 1. The first-order valence-electron chi connectivity index (χ1n) is 12.5. The highest BCUT2D eigenvalue weighted by molar-refractivity contribution is 6.36. The van der Waals surface area contributed by atoms with Gasteiger partial charge in [-0.2, -0.15) is 0 Å². The summed E-state index contributed by atoms with van der Waals surface area (Å²) in [6, 6.07) is 14.4. The maximum atomic E-state index is 12.7. The van der Waals surface area contributed by atoms with Gasteiger partial charge < -0.3 is 14.8 Å². The Balaban J connectivity index is 1.29. The van der Waals surface area contributed by atoms with E-state index < -0.39 is 0 Å². The van der Waals surface area contributed by atoms with E-state index in [4.69, 9.17) is 9.47 Å². The zero-order valence-corrected chi connectivity index (χ0v) is 20.3. The first kappa shape index (κ1) is 23.1. The van der Waals surface area contributed by atoms with Gasteiger partial charge in [0.15, 0.2) is 0 Å². The molecule has 3 aliphatic rings. The van der Waals surface area contributed by atoms with Crippen LogP contribution in [-0.2, 0) is 27.4 Å². The molecule has 1 N–H and O–H groups in total. The predicted octanol–water partition coefficient (Wildman–Crippen LogP) is 4.22. The fourth-order valence-electron chi connectivity index (χ4n) is 5.22. The molecule has 0 radical (unpaired) electrons. The number of anilines is 1. The van der Waals surface area contributed by atoms with E-state index in [1.165, 1.54) is 12.0 Å². The number of carbonyl (C=O) groups is 1. The van der Waals surface area contributed by atoms with Crippen LogP contribution in [0, 0.1) is 5.92 Å². The highest BCUT2D eigenvalue weighted by Gasteiger charge is 2.32. The van der Waals surface area contributed by atoms with Gasteiger partial charge in [0.05, 0.1) is 18.8 Å². The van der Waals surface area contributed by atoms with Crippen LogP contribution in [0.2, 0.25) is 0 Å². The highest BCUT2D eigenvalue weighted by atomic mass is 16.5. The molecule has 180 valence electrons. The summed E-state index contributed by atoms with van der Waals surface area (Å²) in [5, 5.41) is 2.96. The number of amides is 1. The third-order valence-electron chi connectivity index (χ3n) is 6.77. The number of morpholine rings is 1. The molecule has 0 atom stereocenters. The van der Waals surface area contributed by atoms with Gasteiger partial charge in [0, 0.05) is 48.6 Å². The van der Waals surface area contributed by atoms with Gasteiger partial charge in [-0.25, -0.2) is 0 Å². The molecular formula is C28H35N3O3. The maximum absolute atomic E-state index is 12.7. The standard InChI is InChI=1S/C28H35N3O3/c1-20(2)17-31(11-5-10-30-12-14-33-15-13-30)18-21-8-9-23-22(16-21)19-34-27(23)26-24-6-3-4-7-25(24)29-28(26)32/h3-4,6-9,16,20H,5,10-15,17-19H2,1-2H3,(H,29,32). The van der Waals surface area contributed by atoms with Crippen molar-refractivity contribution in [2.24, 2.45) is 5.92 Å². The van der Waals surface area contributed by atoms with Gasteiger partial charge in [0.1, 0.15) is 12.4 Å². The second-order valence-electron chi connectivity index (χ2n) is 9.92. The molecule has 0 spiro atoms. The molecule has 0 aromatic heterocycles. The van der Waals surface area contributed by atoms with Crippen molar-refractivity contribution < 1.29 is 14.3 Å². The smallest absolute Gasteiger partial charge is 0.260 e. The van der Waals surface area contributed by atoms with Crippen LogP contribution in [0.4, 0.5) is 5.69 Å². The highest BCUT2D eigenvalue weighted by Crippen LogP contribution is 2.41. The van der Waals surface area contributed by atoms with Crippen LogP contribution < -0.4 is 5.32 Å². The lowest BCUT2D eigenvalue weighted by Gasteiger charge is -2.29. The first-order chi connectivity index (χ1) is 16.6. The fourth-order valence-corrected chi connectivity index (χ4v) is 5.22. The Morgan fingerprint density at radius 1 is 1.09 bits per heavy atom. The lowest BCUT2D eigenvalue weighted by Crippen LogP contribution is -2.38. The van der Waals surface area contributed by atoms with E-state index >= 15 is 0 Å². The summed E-state index contributed by atoms with van der Waals surface area (Å²) in [5.41, 5.74) is 5.92. The topological polar surface area (TPSA) is 54.0 Å². The summed E-state index contributed by atoms with van der Waals surface area (Å²) in [6.45, 7) is 13.2. The van der Waals surface area contributed by atoms with Crippen molar-refractivity contribution in [3.63, 3.8) is 0 Å². The Morgan fingerprint density at radius 2 is 1.91 bits per heavy atom. The van der Waals surface area contributed by atoms with Gasteiger partial charge in [0.25, 0.3) is 5.91 Å². The van der Waals surface area contributed by atoms with Crippen molar-refractivity contribution in [1.29, 1.82) is 0 Å². The van der Waals surface area contributed by atoms with Crippen molar-refractivity contribution in [1.82, 2.24) is 9.80 Å². The Hall–Kier alpha value is -2.67. The molecule has 2 aromatic carbocycles. The van der Waals surface area contributed by atoms with Gasteiger partial charge in [-0.3, -0.25) is 14.6 Å². The largest absolute Gasteiger partial charge is 0.487 e. The van der Waals surface area contributed by atoms with E-state index in [2.05, 4.69) is 47.2 Å². The zero-order valence-electron chi connectivity index (χ0n) is 20.3. The molecule has 6 heteroatoms. The first-order valence-corrected chi connectivity index (χ1v) is 12.5. The van der Waals surface area contributed by atoms with Crippen molar-refractivity contribution in [2.45, 2.75) is 33.4 Å². The summed E-state index contributed by atoms with van der Waals surface area (Å²) in [5.74, 6) is 1.24. The number of hydrogen-bond donors (Lipinski definition) is 1. The molecular weight excluding hydrogens is 426 g/mol. The van der Waals surface area contributed by atoms with E-state index in [9.17, 15) is 4.79 Å². The molecule has 3 aliphatic heterocycles. The number of carbonyl (C=O) groups excluding carboxylic acids is 1. The summed E-state index contributed by atoms with van der Waals surface area (Å²) >= 11 is 0. The number of fused-ring (bicyclic) bond motifs is 2. The monoisotopic (exact) mass is 461 g/mol. The SMILES string of the molecule is CC(C)CN(CCCN1CCOCC1)Cc1ccc2c(c1)COC2=C1C(=O)Nc2ccccc21. The van der Waals surface area contributed by atoms with E-state index in [0.717, 1.165) is 74.9 Å². The lowest BCUT2D eigenvalue weighted by molar-refractivity contribution is -0.110. The van der Waals surface area contributed by atoms with Crippen molar-refractivity contribution in [3.8, 4) is 0 Å². The Kier molecular flexibility index (Phi) is 6.99. The minimum atomic E-state index is -0.0866. The Bertz CT molecular complexity index is 1070. The minimum absolute atomic E-state index is 0.0866. The molecule has 0 saturated carbocycles. The average molecular weight is 462 g/mol. The number of nitrogens with zero attached hydrogens (tertiary/aromatic N) is 2. The summed E-state index contributed by atoms with van der Waals surface area (Å²) in [7, 11) is 0. The average Bonchev–Trinajstić information content (AvgIpc) is 3.38. The number of para-hydroxylation sites is 1. The third-order valence-corrected chi connectivity index (χ3v) is 6.77. The fraction of sp³-hybridized carbons (Fsp3) is 0.464. The van der Waals surface area contributed by atoms with Crippen molar-refractivity contribution in [3.05, 3.63) is 64.7 Å². The van der Waals surface area contributed by atoms with Gasteiger partial charge in [-0.05, 0) is 37.1 Å². The van der Waals surface area contributed by atoms with Crippen LogP contribution in [-0.4, -0.2) is 61.6 Å². The molecule has 1 fully saturated rings. The van der Waals surface area contributed by atoms with Crippen LogP contribution in [0.3, 0.4) is 0 Å². The molecule has 5 rings (SSSR count). The normalized spacial score (nSPS) is 19.9. The summed E-state index contributed by atoms with van der Waals surface area (Å²) < 4.78 is 11.6. The Morgan fingerprint density at radius 3 is 2.74 bits per heavy atom. The zero-order chi connectivity index (χ0) is 23.5. The molecule has 1 saturated heterocycles. The van der Waals surface area contributed by atoms with E-state index in [1.54, 1.807) is 0 Å². The number of ether oxygens (including phenoxy) is 2. The van der Waals surface area contributed by atoms with Crippen LogP contribution in [0.5, 0.6) is 0 Å². The van der Waals surface area contributed by atoms with Crippen molar-refractivity contribution >= 4 is 22.9 Å². The minimum Gasteiger partial charge on any atom is -0.487 e.